The zero-order valence-electron chi connectivity index (χ0n) is 12.2. The fourth-order valence-electron chi connectivity index (χ4n) is 1.71. The number of hydrogen-bond acceptors (Lipinski definition) is 2. The van der Waals surface area contributed by atoms with Gasteiger partial charge in [-0.1, -0.05) is 60.7 Å². The first-order valence-electron chi connectivity index (χ1n) is 6.97. The van der Waals surface area contributed by atoms with Crippen molar-refractivity contribution in [3.63, 3.8) is 0 Å². The van der Waals surface area contributed by atoms with Crippen molar-refractivity contribution in [2.24, 2.45) is 0 Å². The maximum Gasteiger partial charge on any atom is 0.167 e. The molecule has 0 atom stereocenters. The minimum atomic E-state index is 0.168. The van der Waals surface area contributed by atoms with Crippen LogP contribution in [-0.4, -0.2) is 19.0 Å². The summed E-state index contributed by atoms with van der Waals surface area (Å²) in [6, 6.07) is 19.2. The summed E-state index contributed by atoms with van der Waals surface area (Å²) in [6.45, 7) is 5.67. The summed E-state index contributed by atoms with van der Waals surface area (Å²) in [5.74, 6) is 0.168. The highest BCUT2D eigenvalue weighted by Crippen LogP contribution is 2.06. The quantitative estimate of drug-likeness (QED) is 0.763. The maximum atomic E-state index is 11.8. The highest BCUT2D eigenvalue weighted by Gasteiger charge is 2.05. The van der Waals surface area contributed by atoms with E-state index in [9.17, 15) is 4.79 Å². The third-order valence-corrected chi connectivity index (χ3v) is 2.71. The molecule has 2 aromatic rings. The average molecular weight is 270 g/mol. The molecular weight excluding hydrogens is 248 g/mol. The minimum absolute atomic E-state index is 0.168. The number of Topliss-reactive ketones (excluding diaryl/α,β-unsaturated/α-hetero) is 1. The molecule has 0 aliphatic carbocycles. The summed E-state index contributed by atoms with van der Waals surface area (Å²) in [4.78, 5) is 11.8. The SMILES string of the molecule is CCOCC.O=C(Cc1ccccc1)c1ccccc1. The second-order valence-corrected chi connectivity index (χ2v) is 4.23. The zero-order valence-corrected chi connectivity index (χ0v) is 12.2. The Hall–Kier alpha value is -1.93. The third-order valence-electron chi connectivity index (χ3n) is 2.71. The Bertz CT molecular complexity index is 475. The lowest BCUT2D eigenvalue weighted by atomic mass is 10.0. The molecule has 106 valence electrons. The molecule has 0 heterocycles. The van der Waals surface area contributed by atoms with Crippen LogP contribution >= 0.6 is 0 Å². The number of carbonyl (C=O) groups is 1. The van der Waals surface area contributed by atoms with Crippen LogP contribution in [-0.2, 0) is 11.2 Å². The lowest BCUT2D eigenvalue weighted by molar-refractivity contribution is 0.0993. The monoisotopic (exact) mass is 270 g/mol. The summed E-state index contributed by atoms with van der Waals surface area (Å²) < 4.78 is 4.83. The van der Waals surface area contributed by atoms with Gasteiger partial charge in [0, 0.05) is 25.2 Å². The molecule has 0 aliphatic rings. The summed E-state index contributed by atoms with van der Waals surface area (Å²) in [5, 5.41) is 0. The van der Waals surface area contributed by atoms with E-state index in [1.54, 1.807) is 0 Å². The number of carbonyl (C=O) groups excluding carboxylic acids is 1. The van der Waals surface area contributed by atoms with Gasteiger partial charge < -0.3 is 4.74 Å². The smallest absolute Gasteiger partial charge is 0.167 e. The normalized spacial score (nSPS) is 9.50. The largest absolute Gasteiger partial charge is 0.382 e. The van der Waals surface area contributed by atoms with Crippen molar-refractivity contribution in [3.05, 3.63) is 71.8 Å². The Morgan fingerprint density at radius 2 is 1.35 bits per heavy atom. The molecular formula is C18H22O2. The van der Waals surface area contributed by atoms with E-state index in [1.165, 1.54) is 0 Å². The zero-order chi connectivity index (χ0) is 14.6. The van der Waals surface area contributed by atoms with Crippen LogP contribution in [0.2, 0.25) is 0 Å². The van der Waals surface area contributed by atoms with Crippen molar-refractivity contribution in [2.75, 3.05) is 13.2 Å². The van der Waals surface area contributed by atoms with Crippen molar-refractivity contribution < 1.29 is 9.53 Å². The topological polar surface area (TPSA) is 26.3 Å². The molecule has 0 unspecified atom stereocenters. The van der Waals surface area contributed by atoms with Gasteiger partial charge in [0.25, 0.3) is 0 Å². The molecule has 0 aliphatic heterocycles. The van der Waals surface area contributed by atoms with Gasteiger partial charge in [-0.25, -0.2) is 0 Å². The van der Waals surface area contributed by atoms with Gasteiger partial charge in [-0.3, -0.25) is 4.79 Å². The Morgan fingerprint density at radius 3 is 1.80 bits per heavy atom. The molecule has 0 saturated carbocycles. The summed E-state index contributed by atoms with van der Waals surface area (Å²) in [5.41, 5.74) is 1.84. The molecule has 0 fully saturated rings. The van der Waals surface area contributed by atoms with Gasteiger partial charge in [-0.05, 0) is 19.4 Å². The van der Waals surface area contributed by atoms with Crippen LogP contribution in [0, 0.1) is 0 Å². The molecule has 0 radical (unpaired) electrons. The van der Waals surface area contributed by atoms with E-state index < -0.39 is 0 Å². The van der Waals surface area contributed by atoms with Crippen LogP contribution < -0.4 is 0 Å². The number of rotatable bonds is 5. The molecule has 20 heavy (non-hydrogen) atoms. The fourth-order valence-corrected chi connectivity index (χ4v) is 1.71. The molecule has 2 rings (SSSR count). The van der Waals surface area contributed by atoms with Crippen molar-refractivity contribution in [1.29, 1.82) is 0 Å². The standard InChI is InChI=1S/C14H12O.C4H10O/c15-14(13-9-5-2-6-10-13)11-12-7-3-1-4-8-12;1-3-5-4-2/h1-10H,11H2;3-4H2,1-2H3. The van der Waals surface area contributed by atoms with Crippen molar-refractivity contribution in [3.8, 4) is 0 Å². The molecule has 0 N–H and O–H groups in total. The van der Waals surface area contributed by atoms with E-state index in [1.807, 2.05) is 74.5 Å². The van der Waals surface area contributed by atoms with E-state index in [2.05, 4.69) is 0 Å². The Labute approximate surface area is 121 Å². The van der Waals surface area contributed by atoms with Crippen molar-refractivity contribution >= 4 is 5.78 Å². The van der Waals surface area contributed by atoms with Crippen LogP contribution in [0.3, 0.4) is 0 Å². The first-order valence-corrected chi connectivity index (χ1v) is 6.97. The average Bonchev–Trinajstić information content (AvgIpc) is 2.50. The Morgan fingerprint density at radius 1 is 0.850 bits per heavy atom. The van der Waals surface area contributed by atoms with Gasteiger partial charge in [0.05, 0.1) is 0 Å². The second kappa shape index (κ2) is 9.93. The van der Waals surface area contributed by atoms with Gasteiger partial charge in [0.2, 0.25) is 0 Å². The van der Waals surface area contributed by atoms with Crippen LogP contribution in [0.25, 0.3) is 0 Å². The molecule has 0 saturated heterocycles. The lowest BCUT2D eigenvalue weighted by Crippen LogP contribution is -2.02. The number of ether oxygens (including phenoxy) is 1. The molecule has 0 spiro atoms. The van der Waals surface area contributed by atoms with Crippen molar-refractivity contribution in [2.45, 2.75) is 20.3 Å². The van der Waals surface area contributed by atoms with E-state index in [-0.39, 0.29) is 5.78 Å². The van der Waals surface area contributed by atoms with Gasteiger partial charge in [0.15, 0.2) is 5.78 Å². The van der Waals surface area contributed by atoms with Crippen LogP contribution in [0.1, 0.15) is 29.8 Å². The number of ketones is 1. The van der Waals surface area contributed by atoms with Crippen LogP contribution in [0.5, 0.6) is 0 Å². The van der Waals surface area contributed by atoms with E-state index >= 15 is 0 Å². The number of benzene rings is 2. The fraction of sp³-hybridized carbons (Fsp3) is 0.278. The molecule has 0 aromatic heterocycles. The first-order chi connectivity index (χ1) is 9.77. The minimum Gasteiger partial charge on any atom is -0.382 e. The van der Waals surface area contributed by atoms with E-state index in [4.69, 9.17) is 4.74 Å². The molecule has 0 bridgehead atoms. The van der Waals surface area contributed by atoms with Gasteiger partial charge in [0.1, 0.15) is 0 Å². The van der Waals surface area contributed by atoms with E-state index in [0.717, 1.165) is 24.3 Å². The van der Waals surface area contributed by atoms with Gasteiger partial charge in [-0.15, -0.1) is 0 Å². The molecule has 2 nitrogen and oxygen atoms in total. The lowest BCUT2D eigenvalue weighted by Gasteiger charge is -2.00. The summed E-state index contributed by atoms with van der Waals surface area (Å²) in [6.07, 6.45) is 0.477. The van der Waals surface area contributed by atoms with Crippen LogP contribution in [0.15, 0.2) is 60.7 Å². The second-order valence-electron chi connectivity index (χ2n) is 4.23. The molecule has 2 heteroatoms. The van der Waals surface area contributed by atoms with Gasteiger partial charge >= 0.3 is 0 Å². The Balaban J connectivity index is 0.000000347. The number of hydrogen-bond donors (Lipinski definition) is 0. The molecule has 2 aromatic carbocycles. The Kier molecular flexibility index (Phi) is 8.01. The maximum absolute atomic E-state index is 11.8. The third kappa shape index (κ3) is 6.30. The van der Waals surface area contributed by atoms with Crippen LogP contribution in [0.4, 0.5) is 0 Å². The molecule has 0 amide bonds. The van der Waals surface area contributed by atoms with Gasteiger partial charge in [-0.2, -0.15) is 0 Å². The predicted molar refractivity (Wildman–Crippen MR) is 83.1 cm³/mol. The summed E-state index contributed by atoms with van der Waals surface area (Å²) >= 11 is 0. The van der Waals surface area contributed by atoms with Crippen molar-refractivity contribution in [1.82, 2.24) is 0 Å². The highest BCUT2D eigenvalue weighted by atomic mass is 16.5. The highest BCUT2D eigenvalue weighted by molar-refractivity contribution is 5.97. The summed E-state index contributed by atoms with van der Waals surface area (Å²) in [7, 11) is 0. The predicted octanol–water partition coefficient (Wildman–Crippen LogP) is 4.15. The first kappa shape index (κ1) is 16.1. The van der Waals surface area contributed by atoms with E-state index in [0.29, 0.717) is 6.42 Å².